The Morgan fingerprint density at radius 1 is 0.315 bits per heavy atom. The molecule has 0 atom stereocenters. The van der Waals surface area contributed by atoms with E-state index < -0.39 is 0 Å². The van der Waals surface area contributed by atoms with Crippen LogP contribution < -0.4 is 0 Å². The van der Waals surface area contributed by atoms with Gasteiger partial charge in [-0.1, -0.05) is 121 Å². The zero-order valence-electron chi connectivity index (χ0n) is 29.1. The van der Waals surface area contributed by atoms with Gasteiger partial charge in [-0.15, -0.1) is 0 Å². The fraction of sp³-hybridized carbons (Fsp3) is 0. The molecule has 2 heterocycles. The second-order valence-electron chi connectivity index (χ2n) is 13.6. The van der Waals surface area contributed by atoms with Gasteiger partial charge in [0.1, 0.15) is 0 Å². The third-order valence-corrected chi connectivity index (χ3v) is 10.5. The summed E-state index contributed by atoms with van der Waals surface area (Å²) in [6.45, 7) is 0. The van der Waals surface area contributed by atoms with E-state index in [2.05, 4.69) is 161 Å². The molecular weight excluding hydrogens is 657 g/mol. The van der Waals surface area contributed by atoms with Crippen molar-refractivity contribution in [1.29, 1.82) is 10.5 Å². The van der Waals surface area contributed by atoms with Gasteiger partial charge in [-0.3, -0.25) is 0 Å². The molecule has 0 saturated heterocycles. The minimum absolute atomic E-state index is 0.541. The molecule has 0 spiro atoms. The van der Waals surface area contributed by atoms with Crippen molar-refractivity contribution in [1.82, 2.24) is 9.13 Å². The topological polar surface area (TPSA) is 57.4 Å². The Labute approximate surface area is 312 Å². The van der Waals surface area contributed by atoms with Gasteiger partial charge in [0.05, 0.1) is 56.7 Å². The quantitative estimate of drug-likeness (QED) is 0.181. The van der Waals surface area contributed by atoms with Crippen molar-refractivity contribution in [3.05, 3.63) is 193 Å². The monoisotopic (exact) mass is 686 g/mol. The molecule has 0 saturated carbocycles. The van der Waals surface area contributed by atoms with E-state index in [0.29, 0.717) is 11.1 Å². The highest BCUT2D eigenvalue weighted by Gasteiger charge is 2.23. The molecule has 8 aromatic carbocycles. The smallest absolute Gasteiger partial charge is 0.0993 e. The minimum Gasteiger partial charge on any atom is -0.308 e. The second kappa shape index (κ2) is 12.5. The number of hydrogen-bond donors (Lipinski definition) is 0. The first kappa shape index (κ1) is 31.1. The molecule has 0 amide bonds. The summed E-state index contributed by atoms with van der Waals surface area (Å²) in [5.74, 6) is 0. The molecule has 0 fully saturated rings. The summed E-state index contributed by atoms with van der Waals surface area (Å²) in [6.07, 6.45) is 0. The molecule has 0 N–H and O–H groups in total. The number of nitrogens with zero attached hydrogens (tertiary/aromatic N) is 4. The van der Waals surface area contributed by atoms with Gasteiger partial charge >= 0.3 is 0 Å². The Morgan fingerprint density at radius 2 is 0.759 bits per heavy atom. The van der Waals surface area contributed by atoms with Crippen LogP contribution >= 0.6 is 0 Å². The molecule has 0 aliphatic rings. The van der Waals surface area contributed by atoms with Gasteiger partial charge in [0.2, 0.25) is 0 Å². The highest BCUT2D eigenvalue weighted by molar-refractivity contribution is 6.13. The number of para-hydroxylation sites is 2. The average Bonchev–Trinajstić information content (AvgIpc) is 3.76. The van der Waals surface area contributed by atoms with Crippen LogP contribution in [0.2, 0.25) is 0 Å². The molecule has 10 aromatic rings. The minimum atomic E-state index is 0.541. The molecule has 0 radical (unpaired) electrons. The van der Waals surface area contributed by atoms with E-state index in [9.17, 15) is 10.5 Å². The van der Waals surface area contributed by atoms with Crippen LogP contribution in [0.3, 0.4) is 0 Å². The van der Waals surface area contributed by atoms with Gasteiger partial charge in [-0.25, -0.2) is 0 Å². The van der Waals surface area contributed by atoms with E-state index in [4.69, 9.17) is 0 Å². The van der Waals surface area contributed by atoms with Crippen molar-refractivity contribution >= 4 is 43.6 Å². The summed E-state index contributed by atoms with van der Waals surface area (Å²) in [7, 11) is 0. The Bertz CT molecular complexity index is 2990. The lowest BCUT2D eigenvalue weighted by Gasteiger charge is -2.21. The van der Waals surface area contributed by atoms with Crippen LogP contribution in [-0.2, 0) is 0 Å². The molecule has 250 valence electrons. The summed E-state index contributed by atoms with van der Waals surface area (Å²) in [6, 6.07) is 67.8. The van der Waals surface area contributed by atoms with Crippen molar-refractivity contribution in [2.24, 2.45) is 0 Å². The van der Waals surface area contributed by atoms with Gasteiger partial charge in [-0.05, 0) is 88.5 Å². The molecule has 4 nitrogen and oxygen atoms in total. The van der Waals surface area contributed by atoms with Crippen molar-refractivity contribution in [2.45, 2.75) is 0 Å². The van der Waals surface area contributed by atoms with Gasteiger partial charge in [0, 0.05) is 27.1 Å². The fourth-order valence-electron chi connectivity index (χ4n) is 8.15. The van der Waals surface area contributed by atoms with E-state index in [1.54, 1.807) is 0 Å². The maximum atomic E-state index is 10.7. The van der Waals surface area contributed by atoms with Crippen LogP contribution in [0, 0.1) is 22.7 Å². The predicted molar refractivity (Wildman–Crippen MR) is 221 cm³/mol. The number of hydrogen-bond acceptors (Lipinski definition) is 2. The number of aromatic nitrogens is 2. The molecule has 0 aliphatic carbocycles. The molecule has 10 rings (SSSR count). The van der Waals surface area contributed by atoms with E-state index in [1.165, 1.54) is 0 Å². The lowest BCUT2D eigenvalue weighted by Crippen LogP contribution is -2.05. The summed E-state index contributed by atoms with van der Waals surface area (Å²) >= 11 is 0. The zero-order chi connectivity index (χ0) is 36.2. The fourth-order valence-corrected chi connectivity index (χ4v) is 8.15. The van der Waals surface area contributed by atoms with Crippen LogP contribution in [0.5, 0.6) is 0 Å². The van der Waals surface area contributed by atoms with Crippen LogP contribution in [0.15, 0.2) is 182 Å². The lowest BCUT2D eigenvalue weighted by atomic mass is 9.96. The van der Waals surface area contributed by atoms with E-state index in [1.807, 2.05) is 42.5 Å². The van der Waals surface area contributed by atoms with Gasteiger partial charge in [0.15, 0.2) is 0 Å². The molecule has 4 heteroatoms. The van der Waals surface area contributed by atoms with E-state index in [-0.39, 0.29) is 0 Å². The van der Waals surface area contributed by atoms with Crippen molar-refractivity contribution in [2.75, 3.05) is 0 Å². The zero-order valence-corrected chi connectivity index (χ0v) is 29.1. The number of nitriles is 2. The Balaban J connectivity index is 1.34. The average molecular weight is 687 g/mol. The summed E-state index contributed by atoms with van der Waals surface area (Å²) in [5.41, 5.74) is 13.4. The molecule has 0 bridgehead atoms. The first-order valence-electron chi connectivity index (χ1n) is 18.0. The maximum Gasteiger partial charge on any atom is 0.0993 e. The largest absolute Gasteiger partial charge is 0.308 e. The highest BCUT2D eigenvalue weighted by atomic mass is 15.0. The van der Waals surface area contributed by atoms with Crippen molar-refractivity contribution in [3.8, 4) is 56.9 Å². The first-order chi connectivity index (χ1) is 26.7. The molecule has 0 unspecified atom stereocenters. The van der Waals surface area contributed by atoms with Crippen LogP contribution in [-0.4, -0.2) is 9.13 Å². The SMILES string of the molecule is N#Cc1cccc(-c2c(-n3c4ccccc4c4cc(-c5ccccc5)ccc43)cc(C#N)cc2-n2c3ccccc3c3cc(-c4ccccc4)ccc32)c1. The van der Waals surface area contributed by atoms with E-state index in [0.717, 1.165) is 88.4 Å². The lowest BCUT2D eigenvalue weighted by molar-refractivity contribution is 1.13. The van der Waals surface area contributed by atoms with Crippen molar-refractivity contribution in [3.63, 3.8) is 0 Å². The predicted octanol–water partition coefficient (Wildman–Crippen LogP) is 12.6. The normalized spacial score (nSPS) is 11.3. The third kappa shape index (κ3) is 4.90. The van der Waals surface area contributed by atoms with Gasteiger partial charge in [-0.2, -0.15) is 10.5 Å². The molecule has 54 heavy (non-hydrogen) atoms. The Hall–Kier alpha value is -7.66. The van der Waals surface area contributed by atoms with Crippen LogP contribution in [0.25, 0.3) is 88.4 Å². The summed E-state index contributed by atoms with van der Waals surface area (Å²) in [5, 5.41) is 25.3. The standard InChI is InChI=1S/C50H30N4/c51-31-33-12-11-17-39(26-33)50-48(53-44-20-9-7-18-40(44)42-29-37(22-24-46(42)53)35-13-3-1-4-14-35)27-34(32-52)28-49(50)54-45-21-10-8-19-41(45)43-30-38(23-25-47(43)54)36-15-5-2-6-16-36/h1-30H. The van der Waals surface area contributed by atoms with Crippen LogP contribution in [0.4, 0.5) is 0 Å². The van der Waals surface area contributed by atoms with Crippen molar-refractivity contribution < 1.29 is 0 Å². The number of benzene rings is 8. The highest BCUT2D eigenvalue weighted by Crippen LogP contribution is 2.44. The number of fused-ring (bicyclic) bond motifs is 6. The third-order valence-electron chi connectivity index (χ3n) is 10.5. The van der Waals surface area contributed by atoms with E-state index >= 15 is 0 Å². The molecular formula is C50H30N4. The molecule has 2 aromatic heterocycles. The first-order valence-corrected chi connectivity index (χ1v) is 18.0. The van der Waals surface area contributed by atoms with Crippen LogP contribution in [0.1, 0.15) is 11.1 Å². The second-order valence-corrected chi connectivity index (χ2v) is 13.6. The van der Waals surface area contributed by atoms with Gasteiger partial charge < -0.3 is 9.13 Å². The molecule has 0 aliphatic heterocycles. The van der Waals surface area contributed by atoms with Gasteiger partial charge in [0.25, 0.3) is 0 Å². The number of rotatable bonds is 5. The Morgan fingerprint density at radius 3 is 1.26 bits per heavy atom. The Kier molecular flexibility index (Phi) is 7.22. The summed E-state index contributed by atoms with van der Waals surface area (Å²) in [4.78, 5) is 0. The summed E-state index contributed by atoms with van der Waals surface area (Å²) < 4.78 is 4.58. The maximum absolute atomic E-state index is 10.7.